The number of nitrogens with zero attached hydrogens (tertiary/aromatic N) is 5. The van der Waals surface area contributed by atoms with Crippen LogP contribution in [0.2, 0.25) is 0 Å². The molecule has 0 unspecified atom stereocenters. The zero-order chi connectivity index (χ0) is 19.8. The Morgan fingerprint density at radius 2 is 2.14 bits per heavy atom. The zero-order valence-corrected chi connectivity index (χ0v) is 16.2. The van der Waals surface area contributed by atoms with Crippen molar-refractivity contribution in [2.45, 2.75) is 33.2 Å². The van der Waals surface area contributed by atoms with Gasteiger partial charge in [0.15, 0.2) is 11.5 Å². The van der Waals surface area contributed by atoms with Gasteiger partial charge in [0.1, 0.15) is 12.1 Å². The van der Waals surface area contributed by atoms with Gasteiger partial charge in [0.05, 0.1) is 24.5 Å². The molecule has 1 aliphatic heterocycles. The summed E-state index contributed by atoms with van der Waals surface area (Å²) in [5, 5.41) is 15.2. The van der Waals surface area contributed by atoms with Crippen LogP contribution in [-0.2, 0) is 13.0 Å². The molecule has 0 amide bonds. The quantitative estimate of drug-likeness (QED) is 0.743. The molecule has 8 heteroatoms. The van der Waals surface area contributed by atoms with Gasteiger partial charge in [-0.15, -0.1) is 0 Å². The van der Waals surface area contributed by atoms with E-state index in [0.717, 1.165) is 22.5 Å². The monoisotopic (exact) mass is 381 g/mol. The van der Waals surface area contributed by atoms with Gasteiger partial charge in [-0.25, -0.2) is 14.6 Å². The van der Waals surface area contributed by atoms with E-state index in [4.69, 9.17) is 4.74 Å². The first-order valence-corrected chi connectivity index (χ1v) is 9.33. The lowest BCUT2D eigenvalue weighted by Gasteiger charge is -2.29. The van der Waals surface area contributed by atoms with Gasteiger partial charge in [-0.3, -0.25) is 4.79 Å². The number of rotatable bonds is 4. The largest absolute Gasteiger partial charge is 0.504 e. The maximum atomic E-state index is 12.4. The van der Waals surface area contributed by atoms with Crippen molar-refractivity contribution >= 4 is 22.6 Å². The van der Waals surface area contributed by atoms with Crippen LogP contribution < -0.4 is 9.64 Å². The third-order valence-electron chi connectivity index (χ3n) is 4.97. The van der Waals surface area contributed by atoms with Crippen molar-refractivity contribution in [2.75, 3.05) is 18.6 Å². The number of ether oxygens (including phenoxy) is 1. The summed E-state index contributed by atoms with van der Waals surface area (Å²) in [4.78, 5) is 23.3. The summed E-state index contributed by atoms with van der Waals surface area (Å²) >= 11 is 0. The minimum absolute atomic E-state index is 0.0393. The Hall–Kier alpha value is -3.16. The first-order chi connectivity index (χ1) is 13.5. The van der Waals surface area contributed by atoms with Crippen molar-refractivity contribution < 1.29 is 14.6 Å². The average Bonchev–Trinajstić information content (AvgIpc) is 3.09. The number of fused-ring (bicyclic) bond motifs is 2. The summed E-state index contributed by atoms with van der Waals surface area (Å²) in [6.07, 6.45) is 4.46. The van der Waals surface area contributed by atoms with E-state index in [1.54, 1.807) is 23.0 Å². The van der Waals surface area contributed by atoms with Crippen LogP contribution in [0.25, 0.3) is 10.9 Å². The van der Waals surface area contributed by atoms with Gasteiger partial charge in [0, 0.05) is 42.9 Å². The summed E-state index contributed by atoms with van der Waals surface area (Å²) in [7, 11) is 1.51. The van der Waals surface area contributed by atoms with Gasteiger partial charge in [0.2, 0.25) is 5.91 Å². The number of benzene rings is 1. The van der Waals surface area contributed by atoms with Crippen LogP contribution in [0.5, 0.6) is 11.5 Å². The van der Waals surface area contributed by atoms with Crippen molar-refractivity contribution in [3.8, 4) is 11.5 Å². The molecule has 0 spiro atoms. The van der Waals surface area contributed by atoms with E-state index < -0.39 is 0 Å². The second-order valence-corrected chi connectivity index (χ2v) is 7.43. The highest BCUT2D eigenvalue weighted by molar-refractivity contribution is 5.92. The summed E-state index contributed by atoms with van der Waals surface area (Å²) in [6.45, 7) is 5.38. The van der Waals surface area contributed by atoms with Gasteiger partial charge < -0.3 is 14.7 Å². The van der Waals surface area contributed by atoms with E-state index in [9.17, 15) is 9.90 Å². The lowest BCUT2D eigenvalue weighted by Crippen LogP contribution is -2.32. The molecule has 1 N–H and O–H groups in total. The van der Waals surface area contributed by atoms with E-state index in [1.807, 2.05) is 13.8 Å². The molecule has 0 atom stereocenters. The van der Waals surface area contributed by atoms with Gasteiger partial charge in [-0.1, -0.05) is 13.8 Å². The molecule has 0 bridgehead atoms. The summed E-state index contributed by atoms with van der Waals surface area (Å²) in [5.74, 6) is 1.54. The second kappa shape index (κ2) is 7.10. The number of carbonyl (C=O) groups excluding carboxylic acids is 1. The lowest BCUT2D eigenvalue weighted by molar-refractivity contribution is 0.0866. The number of anilines is 1. The molecule has 1 aromatic carbocycles. The minimum Gasteiger partial charge on any atom is -0.504 e. The van der Waals surface area contributed by atoms with Crippen molar-refractivity contribution in [1.29, 1.82) is 0 Å². The number of aromatic hydroxyl groups is 1. The summed E-state index contributed by atoms with van der Waals surface area (Å²) < 4.78 is 6.80. The molecular weight excluding hydrogens is 358 g/mol. The van der Waals surface area contributed by atoms with Crippen molar-refractivity contribution in [3.05, 3.63) is 35.9 Å². The Balaban J connectivity index is 1.67. The standard InChI is InChI=1S/C20H23N5O3/c1-12(2)6-19(27)25-16-4-5-24(10-13(16)9-23-25)20-14-7-18(28-3)17(26)8-15(14)21-11-22-20/h7-9,11-12,26H,4-6,10H2,1-3H3. The summed E-state index contributed by atoms with van der Waals surface area (Å²) in [6, 6.07) is 3.34. The van der Waals surface area contributed by atoms with Gasteiger partial charge >= 0.3 is 0 Å². The molecule has 28 heavy (non-hydrogen) atoms. The highest BCUT2D eigenvalue weighted by Crippen LogP contribution is 2.35. The first-order valence-electron chi connectivity index (χ1n) is 9.33. The fourth-order valence-corrected chi connectivity index (χ4v) is 3.64. The molecule has 0 saturated carbocycles. The highest BCUT2D eigenvalue weighted by Gasteiger charge is 2.25. The van der Waals surface area contributed by atoms with Crippen LogP contribution in [0.1, 0.15) is 36.3 Å². The van der Waals surface area contributed by atoms with E-state index >= 15 is 0 Å². The predicted octanol–water partition coefficient (Wildman–Crippen LogP) is 2.79. The van der Waals surface area contributed by atoms with Crippen molar-refractivity contribution in [3.63, 3.8) is 0 Å². The fourth-order valence-electron chi connectivity index (χ4n) is 3.64. The third-order valence-corrected chi connectivity index (χ3v) is 4.97. The van der Waals surface area contributed by atoms with Crippen LogP contribution in [-0.4, -0.2) is 44.4 Å². The first kappa shape index (κ1) is 18.2. The maximum Gasteiger partial charge on any atom is 0.247 e. The Bertz CT molecular complexity index is 1040. The number of hydrogen-bond acceptors (Lipinski definition) is 7. The Morgan fingerprint density at radius 3 is 2.89 bits per heavy atom. The number of hydrogen-bond donors (Lipinski definition) is 1. The number of phenols is 1. The van der Waals surface area contributed by atoms with E-state index in [0.29, 0.717) is 43.1 Å². The van der Waals surface area contributed by atoms with Gasteiger partial charge in [-0.2, -0.15) is 5.10 Å². The summed E-state index contributed by atoms with van der Waals surface area (Å²) in [5.41, 5.74) is 2.66. The van der Waals surface area contributed by atoms with Crippen molar-refractivity contribution in [1.82, 2.24) is 19.7 Å². The average molecular weight is 381 g/mol. The molecule has 0 fully saturated rings. The SMILES string of the molecule is COc1cc2c(N3CCc4c(cnn4C(=O)CC(C)C)C3)ncnc2cc1O. The normalized spacial score (nSPS) is 13.8. The molecule has 0 aliphatic carbocycles. The Morgan fingerprint density at radius 1 is 1.32 bits per heavy atom. The minimum atomic E-state index is 0.0393. The maximum absolute atomic E-state index is 12.4. The Labute approximate surface area is 162 Å². The molecule has 146 valence electrons. The smallest absolute Gasteiger partial charge is 0.247 e. The number of carbonyl (C=O) groups is 1. The van der Waals surface area contributed by atoms with Crippen LogP contribution in [0.4, 0.5) is 5.82 Å². The third kappa shape index (κ3) is 3.15. The predicted molar refractivity (Wildman–Crippen MR) is 105 cm³/mol. The fraction of sp³-hybridized carbons (Fsp3) is 0.400. The molecule has 2 aromatic heterocycles. The zero-order valence-electron chi connectivity index (χ0n) is 16.2. The molecular formula is C20H23N5O3. The van der Waals surface area contributed by atoms with Gasteiger partial charge in [-0.05, 0) is 12.0 Å². The van der Waals surface area contributed by atoms with Crippen LogP contribution in [0.3, 0.4) is 0 Å². The second-order valence-electron chi connectivity index (χ2n) is 7.43. The molecule has 4 rings (SSSR count). The molecule has 8 nitrogen and oxygen atoms in total. The molecule has 0 saturated heterocycles. The lowest BCUT2D eigenvalue weighted by atomic mass is 10.1. The van der Waals surface area contributed by atoms with Crippen molar-refractivity contribution in [2.24, 2.45) is 5.92 Å². The highest BCUT2D eigenvalue weighted by atomic mass is 16.5. The van der Waals surface area contributed by atoms with Crippen LogP contribution in [0.15, 0.2) is 24.7 Å². The number of methoxy groups -OCH3 is 1. The van der Waals surface area contributed by atoms with E-state index in [2.05, 4.69) is 20.0 Å². The van der Waals surface area contributed by atoms with Gasteiger partial charge in [0.25, 0.3) is 0 Å². The van der Waals surface area contributed by atoms with Crippen LogP contribution >= 0.6 is 0 Å². The van der Waals surface area contributed by atoms with Crippen LogP contribution in [0, 0.1) is 5.92 Å². The Kier molecular flexibility index (Phi) is 4.62. The van der Waals surface area contributed by atoms with E-state index in [-0.39, 0.29) is 11.7 Å². The molecule has 3 heterocycles. The molecule has 1 aliphatic rings. The number of aromatic nitrogens is 4. The topological polar surface area (TPSA) is 93.4 Å². The van der Waals surface area contributed by atoms with E-state index in [1.165, 1.54) is 13.4 Å². The molecule has 3 aromatic rings. The number of phenolic OH excluding ortho intramolecular Hbond substituents is 1. The molecule has 0 radical (unpaired) electrons.